The number of anilines is 1. The number of methoxy groups -OCH3 is 1. The molecule has 0 aliphatic rings. The minimum Gasteiger partial charge on any atom is -0.496 e. The van der Waals surface area contributed by atoms with E-state index in [2.05, 4.69) is 15.9 Å². The third-order valence-electron chi connectivity index (χ3n) is 2.76. The molecule has 1 atom stereocenters. The number of aliphatic carboxylic acids is 1. The van der Waals surface area contributed by atoms with Crippen molar-refractivity contribution < 1.29 is 19.4 Å². The molecule has 1 aromatic carbocycles. The van der Waals surface area contributed by atoms with Crippen LogP contribution in [0.1, 0.15) is 13.3 Å². The van der Waals surface area contributed by atoms with Gasteiger partial charge in [0.1, 0.15) is 5.75 Å². The lowest BCUT2D eigenvalue weighted by atomic mass is 10.1. The van der Waals surface area contributed by atoms with E-state index in [0.717, 1.165) is 4.47 Å². The molecule has 0 saturated carbocycles. The first-order chi connectivity index (χ1) is 8.86. The molecule has 0 aliphatic carbocycles. The minimum absolute atomic E-state index is 0.180. The van der Waals surface area contributed by atoms with Gasteiger partial charge >= 0.3 is 5.97 Å². The fourth-order valence-corrected chi connectivity index (χ4v) is 2.20. The summed E-state index contributed by atoms with van der Waals surface area (Å²) >= 11 is 3.34. The lowest BCUT2D eigenvalue weighted by Gasteiger charge is -2.21. The molecule has 0 radical (unpaired) electrons. The van der Waals surface area contributed by atoms with Crippen molar-refractivity contribution >= 4 is 33.5 Å². The number of benzene rings is 1. The van der Waals surface area contributed by atoms with Crippen LogP contribution in [0.3, 0.4) is 0 Å². The van der Waals surface area contributed by atoms with Crippen molar-refractivity contribution in [3.8, 4) is 5.75 Å². The molecule has 0 fully saturated rings. The van der Waals surface area contributed by atoms with E-state index in [0.29, 0.717) is 11.4 Å². The van der Waals surface area contributed by atoms with Crippen LogP contribution in [0.15, 0.2) is 22.7 Å². The molecular formula is C13H16BrNO4. The van der Waals surface area contributed by atoms with Gasteiger partial charge in [-0.15, -0.1) is 0 Å². The second kappa shape index (κ2) is 6.56. The first-order valence-electron chi connectivity index (χ1n) is 5.69. The summed E-state index contributed by atoms with van der Waals surface area (Å²) in [5, 5.41) is 8.70. The highest BCUT2D eigenvalue weighted by Gasteiger charge is 2.21. The fraction of sp³-hybridized carbons (Fsp3) is 0.385. The Morgan fingerprint density at radius 1 is 1.47 bits per heavy atom. The number of carboxylic acids is 1. The minimum atomic E-state index is -0.981. The summed E-state index contributed by atoms with van der Waals surface area (Å²) in [6, 6.07) is 5.24. The topological polar surface area (TPSA) is 66.8 Å². The Balaban J connectivity index is 2.87. The Hall–Kier alpha value is -1.56. The molecule has 0 aliphatic heterocycles. The zero-order valence-electron chi connectivity index (χ0n) is 11.0. The Bertz CT molecular complexity index is 490. The first kappa shape index (κ1) is 15.5. The van der Waals surface area contributed by atoms with Crippen molar-refractivity contribution in [1.29, 1.82) is 0 Å². The number of hydrogen-bond acceptors (Lipinski definition) is 3. The number of amides is 1. The summed E-state index contributed by atoms with van der Waals surface area (Å²) in [4.78, 5) is 24.1. The van der Waals surface area contributed by atoms with Crippen molar-refractivity contribution in [1.82, 2.24) is 0 Å². The van der Waals surface area contributed by atoms with Crippen molar-refractivity contribution in [2.45, 2.75) is 13.3 Å². The molecule has 1 N–H and O–H groups in total. The fourth-order valence-electron chi connectivity index (χ4n) is 1.67. The van der Waals surface area contributed by atoms with Gasteiger partial charge in [-0.1, -0.05) is 6.92 Å². The van der Waals surface area contributed by atoms with E-state index < -0.39 is 11.9 Å². The van der Waals surface area contributed by atoms with Gasteiger partial charge < -0.3 is 14.7 Å². The molecule has 0 spiro atoms. The lowest BCUT2D eigenvalue weighted by molar-refractivity contribution is -0.140. The highest BCUT2D eigenvalue weighted by molar-refractivity contribution is 9.10. The van der Waals surface area contributed by atoms with E-state index in [1.807, 2.05) is 0 Å². The van der Waals surface area contributed by atoms with Gasteiger partial charge in [0.05, 0.1) is 18.0 Å². The van der Waals surface area contributed by atoms with Crippen LogP contribution in [0.5, 0.6) is 5.75 Å². The Morgan fingerprint density at radius 2 is 2.11 bits per heavy atom. The highest BCUT2D eigenvalue weighted by Crippen LogP contribution is 2.29. The van der Waals surface area contributed by atoms with E-state index in [4.69, 9.17) is 9.84 Å². The van der Waals surface area contributed by atoms with E-state index >= 15 is 0 Å². The standard InChI is InChI=1S/C13H16BrNO4/c1-8(6-12(16)17)13(18)15(2)9-4-5-11(19-3)10(14)7-9/h4-5,7-8H,6H2,1-3H3,(H,16,17). The molecule has 5 nitrogen and oxygen atoms in total. The Kier molecular flexibility index (Phi) is 5.35. The van der Waals surface area contributed by atoms with Crippen LogP contribution < -0.4 is 9.64 Å². The second-order valence-electron chi connectivity index (χ2n) is 4.22. The molecule has 6 heteroatoms. The maximum Gasteiger partial charge on any atom is 0.304 e. The molecule has 1 amide bonds. The molecule has 0 saturated heterocycles. The average molecular weight is 330 g/mol. The van der Waals surface area contributed by atoms with Crippen LogP contribution in [0.25, 0.3) is 0 Å². The van der Waals surface area contributed by atoms with Crippen molar-refractivity contribution in [2.24, 2.45) is 5.92 Å². The van der Waals surface area contributed by atoms with E-state index in [1.54, 1.807) is 39.3 Å². The van der Waals surface area contributed by atoms with Gasteiger partial charge in [0.2, 0.25) is 5.91 Å². The van der Waals surface area contributed by atoms with Crippen LogP contribution in [-0.4, -0.2) is 31.1 Å². The predicted molar refractivity (Wildman–Crippen MR) is 75.5 cm³/mol. The molecule has 19 heavy (non-hydrogen) atoms. The SMILES string of the molecule is COc1ccc(N(C)C(=O)C(C)CC(=O)O)cc1Br. The van der Waals surface area contributed by atoms with E-state index in [9.17, 15) is 9.59 Å². The zero-order valence-corrected chi connectivity index (χ0v) is 12.6. The normalized spacial score (nSPS) is 11.8. The van der Waals surface area contributed by atoms with E-state index in [1.165, 1.54) is 4.90 Å². The number of hydrogen-bond donors (Lipinski definition) is 1. The number of carboxylic acid groups (broad SMARTS) is 1. The molecule has 1 rings (SSSR count). The van der Waals surface area contributed by atoms with Gasteiger partial charge in [-0.25, -0.2) is 0 Å². The molecule has 1 unspecified atom stereocenters. The van der Waals surface area contributed by atoms with Gasteiger partial charge in [-0.05, 0) is 34.1 Å². The van der Waals surface area contributed by atoms with Gasteiger partial charge in [0, 0.05) is 18.7 Å². The predicted octanol–water partition coefficient (Wildman–Crippen LogP) is 2.53. The van der Waals surface area contributed by atoms with Crippen LogP contribution in [0.2, 0.25) is 0 Å². The van der Waals surface area contributed by atoms with Gasteiger partial charge in [-0.3, -0.25) is 9.59 Å². The number of ether oxygens (including phenoxy) is 1. The Labute approximate surface area is 120 Å². The number of carbonyl (C=O) groups is 2. The van der Waals surface area contributed by atoms with Gasteiger partial charge in [0.25, 0.3) is 0 Å². The largest absolute Gasteiger partial charge is 0.496 e. The summed E-state index contributed by atoms with van der Waals surface area (Å²) in [6.45, 7) is 1.60. The summed E-state index contributed by atoms with van der Waals surface area (Å²) in [6.07, 6.45) is -0.180. The number of carbonyl (C=O) groups excluding carboxylic acids is 1. The number of halogens is 1. The van der Waals surface area contributed by atoms with Crippen LogP contribution in [0, 0.1) is 5.92 Å². The highest BCUT2D eigenvalue weighted by atomic mass is 79.9. The van der Waals surface area contributed by atoms with Crippen molar-refractivity contribution in [3.05, 3.63) is 22.7 Å². The third kappa shape index (κ3) is 3.96. The molecule has 0 aromatic heterocycles. The zero-order chi connectivity index (χ0) is 14.6. The molecule has 1 aromatic rings. The maximum absolute atomic E-state index is 12.1. The summed E-state index contributed by atoms with van der Waals surface area (Å²) < 4.78 is 5.85. The van der Waals surface area contributed by atoms with Crippen molar-refractivity contribution in [3.63, 3.8) is 0 Å². The Morgan fingerprint density at radius 3 is 2.58 bits per heavy atom. The molecule has 0 heterocycles. The summed E-state index contributed by atoms with van der Waals surface area (Å²) in [5.74, 6) is -1.11. The summed E-state index contributed by atoms with van der Waals surface area (Å²) in [7, 11) is 3.18. The number of rotatable bonds is 5. The van der Waals surface area contributed by atoms with E-state index in [-0.39, 0.29) is 12.3 Å². The van der Waals surface area contributed by atoms with Crippen molar-refractivity contribution in [2.75, 3.05) is 19.1 Å². The van der Waals surface area contributed by atoms with Gasteiger partial charge in [0.15, 0.2) is 0 Å². The van der Waals surface area contributed by atoms with Crippen LogP contribution in [-0.2, 0) is 9.59 Å². The monoisotopic (exact) mass is 329 g/mol. The lowest BCUT2D eigenvalue weighted by Crippen LogP contribution is -2.32. The quantitative estimate of drug-likeness (QED) is 0.901. The number of nitrogens with zero attached hydrogens (tertiary/aromatic N) is 1. The summed E-state index contributed by atoms with van der Waals surface area (Å²) in [5.41, 5.74) is 0.676. The second-order valence-corrected chi connectivity index (χ2v) is 5.07. The van der Waals surface area contributed by atoms with Crippen LogP contribution in [0.4, 0.5) is 5.69 Å². The smallest absolute Gasteiger partial charge is 0.304 e. The molecule has 0 bridgehead atoms. The molecular weight excluding hydrogens is 314 g/mol. The van der Waals surface area contributed by atoms with Crippen LogP contribution >= 0.6 is 15.9 Å². The van der Waals surface area contributed by atoms with Gasteiger partial charge in [-0.2, -0.15) is 0 Å². The third-order valence-corrected chi connectivity index (χ3v) is 3.38. The maximum atomic E-state index is 12.1. The molecule has 104 valence electrons. The first-order valence-corrected chi connectivity index (χ1v) is 6.49. The average Bonchev–Trinajstić information content (AvgIpc) is 2.36.